The molecule has 1 heterocycles. The Morgan fingerprint density at radius 1 is 1.21 bits per heavy atom. The van der Waals surface area contributed by atoms with E-state index in [1.54, 1.807) is 7.11 Å². The summed E-state index contributed by atoms with van der Waals surface area (Å²) in [6.45, 7) is 0. The molecule has 2 aromatic rings. The van der Waals surface area contributed by atoms with Crippen LogP contribution in [-0.4, -0.2) is 7.11 Å². The maximum absolute atomic E-state index is 6.37. The second-order valence-corrected chi connectivity index (χ2v) is 6.95. The van der Waals surface area contributed by atoms with E-state index in [0.29, 0.717) is 8.67 Å². The Kier molecular flexibility index (Phi) is 5.40. The third kappa shape index (κ3) is 4.03. The Hall–Kier alpha value is -0.410. The molecular weight excluding hydrogens is 323 g/mol. The highest BCUT2D eigenvalue weighted by atomic mass is 35.5. The molecule has 1 unspecified atom stereocenters. The number of ether oxygens (including phenoxy) is 1. The van der Waals surface area contributed by atoms with E-state index in [1.165, 1.54) is 16.9 Å². The van der Waals surface area contributed by atoms with E-state index < -0.39 is 0 Å². The van der Waals surface area contributed by atoms with E-state index in [4.69, 9.17) is 39.5 Å². The van der Waals surface area contributed by atoms with Gasteiger partial charge in [0.15, 0.2) is 0 Å². The van der Waals surface area contributed by atoms with Crippen molar-refractivity contribution in [1.82, 2.24) is 0 Å². The van der Waals surface area contributed by atoms with Gasteiger partial charge in [0, 0.05) is 5.56 Å². The molecular formula is C14H13Cl3OS. The summed E-state index contributed by atoms with van der Waals surface area (Å²) < 4.78 is 6.48. The second kappa shape index (κ2) is 6.85. The summed E-state index contributed by atoms with van der Waals surface area (Å²) in [6, 6.07) is 9.84. The summed E-state index contributed by atoms with van der Waals surface area (Å²) in [7, 11) is 1.66. The summed E-state index contributed by atoms with van der Waals surface area (Å²) in [5.41, 5.74) is 2.15. The molecule has 0 saturated heterocycles. The van der Waals surface area contributed by atoms with Crippen LogP contribution < -0.4 is 4.74 Å². The third-order valence-electron chi connectivity index (χ3n) is 2.87. The molecule has 5 heteroatoms. The SMILES string of the molecule is COc1ccc(CCC(Cl)c2cc(Cl)sc2Cl)cc1. The molecule has 0 aliphatic rings. The number of rotatable bonds is 5. The van der Waals surface area contributed by atoms with Crippen molar-refractivity contribution in [3.05, 3.63) is 50.1 Å². The topological polar surface area (TPSA) is 9.23 Å². The molecule has 0 spiro atoms. The first-order valence-electron chi connectivity index (χ1n) is 5.82. The maximum Gasteiger partial charge on any atom is 0.118 e. The van der Waals surface area contributed by atoms with Gasteiger partial charge in [-0.05, 0) is 36.6 Å². The number of hydrogen-bond acceptors (Lipinski definition) is 2. The smallest absolute Gasteiger partial charge is 0.118 e. The van der Waals surface area contributed by atoms with Crippen LogP contribution in [0.5, 0.6) is 5.75 Å². The molecule has 1 nitrogen and oxygen atoms in total. The molecule has 0 aliphatic heterocycles. The summed E-state index contributed by atoms with van der Waals surface area (Å²) in [6.07, 6.45) is 1.71. The number of hydrogen-bond donors (Lipinski definition) is 0. The zero-order valence-corrected chi connectivity index (χ0v) is 13.4. The van der Waals surface area contributed by atoms with E-state index in [1.807, 2.05) is 30.3 Å². The van der Waals surface area contributed by atoms with E-state index in [9.17, 15) is 0 Å². The minimum Gasteiger partial charge on any atom is -0.497 e. The van der Waals surface area contributed by atoms with Crippen LogP contribution in [0.25, 0.3) is 0 Å². The van der Waals surface area contributed by atoms with Crippen LogP contribution in [0.2, 0.25) is 8.67 Å². The van der Waals surface area contributed by atoms with Gasteiger partial charge in [0.1, 0.15) is 5.75 Å². The largest absolute Gasteiger partial charge is 0.497 e. The second-order valence-electron chi connectivity index (χ2n) is 4.13. The Bertz CT molecular complexity index is 536. The lowest BCUT2D eigenvalue weighted by Crippen LogP contribution is -1.93. The molecule has 0 saturated carbocycles. The molecule has 102 valence electrons. The number of alkyl halides is 1. The highest BCUT2D eigenvalue weighted by Gasteiger charge is 2.15. The number of aryl methyl sites for hydroxylation is 1. The fourth-order valence-electron chi connectivity index (χ4n) is 1.81. The van der Waals surface area contributed by atoms with Gasteiger partial charge in [-0.25, -0.2) is 0 Å². The van der Waals surface area contributed by atoms with E-state index in [2.05, 4.69) is 0 Å². The van der Waals surface area contributed by atoms with Gasteiger partial charge >= 0.3 is 0 Å². The van der Waals surface area contributed by atoms with E-state index in [-0.39, 0.29) is 5.38 Å². The Balaban J connectivity index is 1.96. The Morgan fingerprint density at radius 3 is 2.42 bits per heavy atom. The minimum atomic E-state index is -0.113. The van der Waals surface area contributed by atoms with Crippen molar-refractivity contribution in [2.75, 3.05) is 7.11 Å². The molecule has 0 N–H and O–H groups in total. The summed E-state index contributed by atoms with van der Waals surface area (Å²) in [5.74, 6) is 0.860. The van der Waals surface area contributed by atoms with Crippen molar-refractivity contribution >= 4 is 46.1 Å². The van der Waals surface area contributed by atoms with E-state index >= 15 is 0 Å². The molecule has 0 bridgehead atoms. The molecule has 1 atom stereocenters. The van der Waals surface area contributed by atoms with Crippen LogP contribution in [-0.2, 0) is 6.42 Å². The molecule has 0 radical (unpaired) electrons. The van der Waals surface area contributed by atoms with Crippen molar-refractivity contribution < 1.29 is 4.74 Å². The van der Waals surface area contributed by atoms with Gasteiger partial charge in [-0.3, -0.25) is 0 Å². The first-order chi connectivity index (χ1) is 9.10. The van der Waals surface area contributed by atoms with Gasteiger partial charge in [0.05, 0.1) is 21.2 Å². The van der Waals surface area contributed by atoms with Crippen LogP contribution in [0.1, 0.15) is 22.9 Å². The number of benzene rings is 1. The van der Waals surface area contributed by atoms with Crippen LogP contribution in [0.3, 0.4) is 0 Å². The Morgan fingerprint density at radius 2 is 1.89 bits per heavy atom. The zero-order valence-electron chi connectivity index (χ0n) is 10.3. The van der Waals surface area contributed by atoms with Crippen LogP contribution >= 0.6 is 46.1 Å². The number of halogens is 3. The van der Waals surface area contributed by atoms with Crippen LogP contribution in [0.4, 0.5) is 0 Å². The van der Waals surface area contributed by atoms with Gasteiger partial charge in [-0.1, -0.05) is 35.3 Å². The quantitative estimate of drug-likeness (QED) is 0.611. The highest BCUT2D eigenvalue weighted by molar-refractivity contribution is 7.20. The lowest BCUT2D eigenvalue weighted by atomic mass is 10.1. The van der Waals surface area contributed by atoms with Crippen molar-refractivity contribution in [1.29, 1.82) is 0 Å². The minimum absolute atomic E-state index is 0.113. The van der Waals surface area contributed by atoms with Crippen molar-refractivity contribution in [2.45, 2.75) is 18.2 Å². The van der Waals surface area contributed by atoms with Gasteiger partial charge in [0.25, 0.3) is 0 Å². The van der Waals surface area contributed by atoms with Crippen molar-refractivity contribution in [3.8, 4) is 5.75 Å². The predicted molar refractivity (Wildman–Crippen MR) is 84.2 cm³/mol. The molecule has 0 amide bonds. The van der Waals surface area contributed by atoms with Crippen molar-refractivity contribution in [3.63, 3.8) is 0 Å². The monoisotopic (exact) mass is 334 g/mol. The molecule has 1 aromatic heterocycles. The predicted octanol–water partition coefficient (Wildman–Crippen LogP) is 5.98. The summed E-state index contributed by atoms with van der Waals surface area (Å²) in [4.78, 5) is 0. The normalized spacial score (nSPS) is 12.4. The summed E-state index contributed by atoms with van der Waals surface area (Å²) >= 11 is 19.7. The maximum atomic E-state index is 6.37. The zero-order chi connectivity index (χ0) is 13.8. The first kappa shape index (κ1) is 15.0. The molecule has 19 heavy (non-hydrogen) atoms. The molecule has 0 aliphatic carbocycles. The van der Waals surface area contributed by atoms with Gasteiger partial charge in [-0.15, -0.1) is 22.9 Å². The molecule has 1 aromatic carbocycles. The standard InChI is InChI=1S/C14H13Cl3OS/c1-18-10-5-2-9(3-6-10)4-7-12(15)11-8-13(16)19-14(11)17/h2-3,5-6,8,12H,4,7H2,1H3. The Labute approximate surface area is 132 Å². The average Bonchev–Trinajstić information content (AvgIpc) is 2.75. The fourth-order valence-corrected chi connectivity index (χ4v) is 3.79. The van der Waals surface area contributed by atoms with Crippen LogP contribution in [0.15, 0.2) is 30.3 Å². The summed E-state index contributed by atoms with van der Waals surface area (Å²) in [5, 5.41) is -0.113. The highest BCUT2D eigenvalue weighted by Crippen LogP contribution is 2.39. The van der Waals surface area contributed by atoms with Crippen LogP contribution in [0, 0.1) is 0 Å². The van der Waals surface area contributed by atoms with Gasteiger partial charge < -0.3 is 4.74 Å². The number of thiophene rings is 1. The van der Waals surface area contributed by atoms with Crippen molar-refractivity contribution in [2.24, 2.45) is 0 Å². The average molecular weight is 336 g/mol. The molecule has 2 rings (SSSR count). The fraction of sp³-hybridized carbons (Fsp3) is 0.286. The number of methoxy groups -OCH3 is 1. The third-order valence-corrected chi connectivity index (χ3v) is 4.84. The lowest BCUT2D eigenvalue weighted by Gasteiger charge is -2.09. The van der Waals surface area contributed by atoms with Gasteiger partial charge in [-0.2, -0.15) is 0 Å². The first-order valence-corrected chi connectivity index (χ1v) is 7.82. The van der Waals surface area contributed by atoms with E-state index in [0.717, 1.165) is 24.2 Å². The lowest BCUT2D eigenvalue weighted by molar-refractivity contribution is 0.414. The van der Waals surface area contributed by atoms with Gasteiger partial charge in [0.2, 0.25) is 0 Å². The molecule has 0 fully saturated rings.